The Morgan fingerprint density at radius 2 is 1.79 bits per heavy atom. The number of pyridine rings is 1. The van der Waals surface area contributed by atoms with Gasteiger partial charge in [0.2, 0.25) is 0 Å². The van der Waals surface area contributed by atoms with Crippen LogP contribution in [0, 0.1) is 13.8 Å². The van der Waals surface area contributed by atoms with E-state index in [1.165, 1.54) is 6.07 Å². The molecule has 0 spiro atoms. The minimum atomic E-state index is -0.684. The summed E-state index contributed by atoms with van der Waals surface area (Å²) in [5.74, 6) is -0.520. The van der Waals surface area contributed by atoms with Gasteiger partial charge < -0.3 is 14.7 Å². The minimum Gasteiger partial charge on any atom is -0.422 e. The smallest absolute Gasteiger partial charge is 0.349 e. The minimum absolute atomic E-state index is 0.0532. The Labute approximate surface area is 166 Å². The van der Waals surface area contributed by atoms with E-state index in [9.17, 15) is 14.4 Å². The Morgan fingerprint density at radius 1 is 1.03 bits per heavy atom. The van der Waals surface area contributed by atoms with E-state index in [4.69, 9.17) is 4.42 Å². The molecule has 1 amide bonds. The quantitative estimate of drug-likeness (QED) is 0.525. The Kier molecular flexibility index (Phi) is 4.76. The SMILES string of the molecule is Cc1ccc(C)c2[nH]c(=O)c(CCNC(=O)c3cc4ccccc4oc3=O)cc12. The van der Waals surface area contributed by atoms with Crippen molar-refractivity contribution in [3.8, 4) is 0 Å². The summed E-state index contributed by atoms with van der Waals surface area (Å²) in [5, 5.41) is 4.36. The molecular formula is C23H20N2O4. The molecule has 29 heavy (non-hydrogen) atoms. The van der Waals surface area contributed by atoms with Crippen LogP contribution in [0.15, 0.2) is 62.5 Å². The van der Waals surface area contributed by atoms with Gasteiger partial charge in [0, 0.05) is 22.9 Å². The molecule has 6 heteroatoms. The van der Waals surface area contributed by atoms with Crippen LogP contribution in [0.3, 0.4) is 0 Å². The summed E-state index contributed by atoms with van der Waals surface area (Å²) in [5.41, 5.74) is 3.01. The average molecular weight is 388 g/mol. The third-order valence-corrected chi connectivity index (χ3v) is 5.09. The number of benzene rings is 2. The lowest BCUT2D eigenvalue weighted by Gasteiger charge is -2.09. The molecule has 4 aromatic rings. The van der Waals surface area contributed by atoms with E-state index in [-0.39, 0.29) is 17.7 Å². The van der Waals surface area contributed by atoms with E-state index in [1.54, 1.807) is 24.3 Å². The van der Waals surface area contributed by atoms with E-state index in [0.29, 0.717) is 23.0 Å². The Hall–Kier alpha value is -3.67. The third-order valence-electron chi connectivity index (χ3n) is 5.09. The van der Waals surface area contributed by atoms with E-state index in [0.717, 1.165) is 22.0 Å². The molecule has 0 atom stereocenters. The second-order valence-electron chi connectivity index (χ2n) is 7.10. The zero-order valence-electron chi connectivity index (χ0n) is 16.2. The molecule has 146 valence electrons. The van der Waals surface area contributed by atoms with Crippen LogP contribution in [-0.4, -0.2) is 17.4 Å². The van der Waals surface area contributed by atoms with Crippen molar-refractivity contribution in [1.29, 1.82) is 0 Å². The van der Waals surface area contributed by atoms with Gasteiger partial charge in [-0.2, -0.15) is 0 Å². The first-order chi connectivity index (χ1) is 13.9. The number of rotatable bonds is 4. The number of para-hydroxylation sites is 1. The van der Waals surface area contributed by atoms with Crippen LogP contribution in [0.25, 0.3) is 21.9 Å². The molecule has 2 aromatic carbocycles. The van der Waals surface area contributed by atoms with Gasteiger partial charge >= 0.3 is 5.63 Å². The van der Waals surface area contributed by atoms with Gasteiger partial charge in [0.15, 0.2) is 0 Å². The van der Waals surface area contributed by atoms with Gasteiger partial charge in [-0.3, -0.25) is 9.59 Å². The van der Waals surface area contributed by atoms with Crippen LogP contribution in [0.1, 0.15) is 27.0 Å². The first-order valence-corrected chi connectivity index (χ1v) is 9.37. The number of nitrogens with one attached hydrogen (secondary N) is 2. The third kappa shape index (κ3) is 3.57. The fourth-order valence-corrected chi connectivity index (χ4v) is 3.43. The van der Waals surface area contributed by atoms with Gasteiger partial charge in [-0.1, -0.05) is 30.3 Å². The number of amides is 1. The molecule has 2 heterocycles. The molecule has 6 nitrogen and oxygen atoms in total. The lowest BCUT2D eigenvalue weighted by atomic mass is 10.0. The number of H-pyrrole nitrogens is 1. The van der Waals surface area contributed by atoms with Crippen molar-refractivity contribution in [3.63, 3.8) is 0 Å². The molecule has 0 radical (unpaired) electrons. The number of carbonyl (C=O) groups is 1. The molecule has 0 aliphatic heterocycles. The number of aromatic nitrogens is 1. The number of fused-ring (bicyclic) bond motifs is 2. The number of hydrogen-bond acceptors (Lipinski definition) is 4. The highest BCUT2D eigenvalue weighted by molar-refractivity contribution is 5.96. The van der Waals surface area contributed by atoms with Crippen molar-refractivity contribution >= 4 is 27.8 Å². The van der Waals surface area contributed by atoms with Gasteiger partial charge in [0.1, 0.15) is 11.1 Å². The number of aromatic amines is 1. The zero-order chi connectivity index (χ0) is 20.5. The monoisotopic (exact) mass is 388 g/mol. The van der Waals surface area contributed by atoms with Crippen LogP contribution in [0.4, 0.5) is 0 Å². The summed E-state index contributed by atoms with van der Waals surface area (Å²) in [4.78, 5) is 39.9. The number of carbonyl (C=O) groups excluding carboxylic acids is 1. The summed E-state index contributed by atoms with van der Waals surface area (Å²) in [6.07, 6.45) is 0.351. The highest BCUT2D eigenvalue weighted by Crippen LogP contribution is 2.19. The highest BCUT2D eigenvalue weighted by Gasteiger charge is 2.14. The largest absolute Gasteiger partial charge is 0.422 e. The first-order valence-electron chi connectivity index (χ1n) is 9.37. The maximum atomic E-state index is 12.4. The Morgan fingerprint density at radius 3 is 2.62 bits per heavy atom. The maximum Gasteiger partial charge on any atom is 0.349 e. The lowest BCUT2D eigenvalue weighted by molar-refractivity contribution is 0.0950. The van der Waals surface area contributed by atoms with Crippen molar-refractivity contribution in [1.82, 2.24) is 10.3 Å². The molecule has 0 bridgehead atoms. The molecule has 0 unspecified atom stereocenters. The second kappa shape index (κ2) is 7.39. The summed E-state index contributed by atoms with van der Waals surface area (Å²) in [6, 6.07) is 14.4. The van der Waals surface area contributed by atoms with Crippen LogP contribution in [0.5, 0.6) is 0 Å². The van der Waals surface area contributed by atoms with Gasteiger partial charge in [-0.05, 0) is 49.6 Å². The summed E-state index contributed by atoms with van der Waals surface area (Å²) >= 11 is 0. The molecule has 2 aromatic heterocycles. The van der Waals surface area contributed by atoms with Crippen LogP contribution >= 0.6 is 0 Å². The van der Waals surface area contributed by atoms with Gasteiger partial charge in [-0.25, -0.2) is 4.79 Å². The standard InChI is InChI=1S/C23H20N2O4/c1-13-7-8-14(2)20-17(13)12-16(21(26)25-20)9-10-24-22(27)18-11-15-5-3-4-6-19(15)29-23(18)28/h3-8,11-12H,9-10H2,1-2H3,(H,24,27)(H,25,26). The number of hydrogen-bond donors (Lipinski definition) is 2. The molecule has 0 saturated heterocycles. The van der Waals surface area contributed by atoms with Gasteiger partial charge in [0.05, 0.1) is 5.52 Å². The second-order valence-corrected chi connectivity index (χ2v) is 7.10. The summed E-state index contributed by atoms with van der Waals surface area (Å²) in [6.45, 7) is 4.17. The molecule has 4 rings (SSSR count). The highest BCUT2D eigenvalue weighted by atomic mass is 16.4. The van der Waals surface area contributed by atoms with Gasteiger partial charge in [-0.15, -0.1) is 0 Å². The maximum absolute atomic E-state index is 12.4. The van der Waals surface area contributed by atoms with E-state index < -0.39 is 11.5 Å². The van der Waals surface area contributed by atoms with E-state index in [2.05, 4.69) is 10.3 Å². The zero-order valence-corrected chi connectivity index (χ0v) is 16.2. The van der Waals surface area contributed by atoms with Crippen molar-refractivity contribution in [2.75, 3.05) is 6.54 Å². The topological polar surface area (TPSA) is 92.2 Å². The molecule has 0 aliphatic rings. The molecule has 0 aliphatic carbocycles. The predicted octanol–water partition coefficient (Wildman–Crippen LogP) is 3.22. The molecular weight excluding hydrogens is 368 g/mol. The first kappa shape index (κ1) is 18.7. The number of aryl methyl sites for hydroxylation is 2. The Balaban J connectivity index is 1.53. The molecule has 2 N–H and O–H groups in total. The van der Waals surface area contributed by atoms with Crippen LogP contribution in [-0.2, 0) is 6.42 Å². The van der Waals surface area contributed by atoms with Crippen molar-refractivity contribution in [2.24, 2.45) is 0 Å². The van der Waals surface area contributed by atoms with Crippen molar-refractivity contribution in [3.05, 3.63) is 91.6 Å². The van der Waals surface area contributed by atoms with Crippen LogP contribution < -0.4 is 16.5 Å². The predicted molar refractivity (Wildman–Crippen MR) is 113 cm³/mol. The van der Waals surface area contributed by atoms with Crippen molar-refractivity contribution in [2.45, 2.75) is 20.3 Å². The lowest BCUT2D eigenvalue weighted by Crippen LogP contribution is -2.30. The molecule has 0 saturated carbocycles. The van der Waals surface area contributed by atoms with Crippen LogP contribution in [0.2, 0.25) is 0 Å². The Bertz CT molecular complexity index is 1370. The van der Waals surface area contributed by atoms with E-state index in [1.807, 2.05) is 32.0 Å². The average Bonchev–Trinajstić information content (AvgIpc) is 2.71. The van der Waals surface area contributed by atoms with Gasteiger partial charge in [0.25, 0.3) is 11.5 Å². The fourth-order valence-electron chi connectivity index (χ4n) is 3.43. The molecule has 0 fully saturated rings. The van der Waals surface area contributed by atoms with E-state index >= 15 is 0 Å². The fraction of sp³-hybridized carbons (Fsp3) is 0.174. The normalized spacial score (nSPS) is 11.1. The van der Waals surface area contributed by atoms with Crippen molar-refractivity contribution < 1.29 is 9.21 Å². The summed E-state index contributed by atoms with van der Waals surface area (Å²) in [7, 11) is 0. The summed E-state index contributed by atoms with van der Waals surface area (Å²) < 4.78 is 5.20.